The van der Waals surface area contributed by atoms with Crippen LogP contribution < -0.4 is 10.6 Å². The van der Waals surface area contributed by atoms with E-state index in [0.29, 0.717) is 5.82 Å². The summed E-state index contributed by atoms with van der Waals surface area (Å²) in [4.78, 5) is 2.34. The van der Waals surface area contributed by atoms with E-state index in [1.807, 2.05) is 12.1 Å². The van der Waals surface area contributed by atoms with E-state index < -0.39 is 0 Å². The van der Waals surface area contributed by atoms with Crippen LogP contribution in [0.2, 0.25) is 0 Å². The molecule has 4 nitrogen and oxygen atoms in total. The molecule has 0 amide bonds. The summed E-state index contributed by atoms with van der Waals surface area (Å²) in [6, 6.07) is 3.80. The summed E-state index contributed by atoms with van der Waals surface area (Å²) in [5.41, 5.74) is 5.56. The van der Waals surface area contributed by atoms with Gasteiger partial charge in [-0.3, -0.25) is 0 Å². The molecule has 2 N–H and O–H groups in total. The highest BCUT2D eigenvalue weighted by Gasteiger charge is 2.17. The zero-order valence-electron chi connectivity index (χ0n) is 10.6. The summed E-state index contributed by atoms with van der Waals surface area (Å²) in [7, 11) is 0. The number of hydrogen-bond acceptors (Lipinski definition) is 4. The van der Waals surface area contributed by atoms with E-state index in [1.54, 1.807) is 0 Å². The third-order valence-electron chi connectivity index (χ3n) is 3.54. The highest BCUT2D eigenvalue weighted by molar-refractivity contribution is 5.41. The molecular formula is C13H22N4. The quantitative estimate of drug-likeness (QED) is 0.873. The van der Waals surface area contributed by atoms with Crippen LogP contribution in [-0.4, -0.2) is 23.3 Å². The Kier molecular flexibility index (Phi) is 4.18. The van der Waals surface area contributed by atoms with Crippen molar-refractivity contribution in [3.8, 4) is 0 Å². The number of anilines is 2. The summed E-state index contributed by atoms with van der Waals surface area (Å²) >= 11 is 0. The normalized spacial score (nSPS) is 21.2. The molecule has 1 aromatic heterocycles. The molecule has 1 fully saturated rings. The lowest BCUT2D eigenvalue weighted by Gasteiger charge is -2.20. The van der Waals surface area contributed by atoms with Gasteiger partial charge in [-0.2, -0.15) is 0 Å². The Hall–Kier alpha value is -1.32. The van der Waals surface area contributed by atoms with Crippen molar-refractivity contribution >= 4 is 11.6 Å². The molecule has 1 unspecified atom stereocenters. The predicted molar refractivity (Wildman–Crippen MR) is 70.9 cm³/mol. The van der Waals surface area contributed by atoms with Crippen LogP contribution in [0, 0.1) is 5.92 Å². The van der Waals surface area contributed by atoms with E-state index in [9.17, 15) is 0 Å². The average Bonchev–Trinajstić information content (AvgIpc) is 2.56. The summed E-state index contributed by atoms with van der Waals surface area (Å²) < 4.78 is 0. The zero-order chi connectivity index (χ0) is 12.1. The minimum Gasteiger partial charge on any atom is -0.382 e. The fourth-order valence-corrected chi connectivity index (χ4v) is 2.60. The van der Waals surface area contributed by atoms with E-state index in [0.717, 1.165) is 24.8 Å². The minimum atomic E-state index is 0.493. The van der Waals surface area contributed by atoms with Crippen LogP contribution in [0.3, 0.4) is 0 Å². The molecule has 1 saturated heterocycles. The van der Waals surface area contributed by atoms with Gasteiger partial charge in [-0.05, 0) is 37.3 Å². The lowest BCUT2D eigenvalue weighted by atomic mass is 9.96. The van der Waals surface area contributed by atoms with Gasteiger partial charge in [0.1, 0.15) is 5.82 Å². The van der Waals surface area contributed by atoms with Crippen LogP contribution in [0.15, 0.2) is 12.1 Å². The highest BCUT2D eigenvalue weighted by atomic mass is 15.3. The van der Waals surface area contributed by atoms with Crippen molar-refractivity contribution in [2.24, 2.45) is 5.92 Å². The number of aromatic nitrogens is 2. The van der Waals surface area contributed by atoms with Crippen molar-refractivity contribution in [3.63, 3.8) is 0 Å². The fourth-order valence-electron chi connectivity index (χ4n) is 2.60. The molecule has 0 saturated carbocycles. The Balaban J connectivity index is 1.96. The molecule has 0 radical (unpaired) electrons. The Morgan fingerprint density at radius 1 is 1.29 bits per heavy atom. The van der Waals surface area contributed by atoms with Gasteiger partial charge in [0.05, 0.1) is 0 Å². The van der Waals surface area contributed by atoms with Crippen molar-refractivity contribution in [1.82, 2.24) is 10.2 Å². The largest absolute Gasteiger partial charge is 0.382 e. The SMILES string of the molecule is CCCC1CCCN(c2ccc(N)nn2)CC1. The molecule has 4 heteroatoms. The smallest absolute Gasteiger partial charge is 0.151 e. The van der Waals surface area contributed by atoms with Crippen molar-refractivity contribution < 1.29 is 0 Å². The van der Waals surface area contributed by atoms with Crippen LogP contribution in [0.5, 0.6) is 0 Å². The molecule has 2 rings (SSSR count). The maximum absolute atomic E-state index is 5.56. The van der Waals surface area contributed by atoms with Gasteiger partial charge in [0.25, 0.3) is 0 Å². The van der Waals surface area contributed by atoms with Crippen LogP contribution in [-0.2, 0) is 0 Å². The fraction of sp³-hybridized carbons (Fsp3) is 0.692. The Bertz CT molecular complexity index is 336. The van der Waals surface area contributed by atoms with Crippen LogP contribution in [0.25, 0.3) is 0 Å². The van der Waals surface area contributed by atoms with E-state index in [4.69, 9.17) is 5.73 Å². The summed E-state index contributed by atoms with van der Waals surface area (Å²) in [6.07, 6.45) is 6.55. The van der Waals surface area contributed by atoms with Gasteiger partial charge < -0.3 is 10.6 Å². The van der Waals surface area contributed by atoms with Gasteiger partial charge in [-0.1, -0.05) is 19.8 Å². The first-order valence-corrected chi connectivity index (χ1v) is 6.63. The molecule has 2 heterocycles. The summed E-state index contributed by atoms with van der Waals surface area (Å²) in [5.74, 6) is 2.36. The van der Waals surface area contributed by atoms with Gasteiger partial charge in [-0.15, -0.1) is 10.2 Å². The van der Waals surface area contributed by atoms with Gasteiger partial charge in [-0.25, -0.2) is 0 Å². The third kappa shape index (κ3) is 3.32. The summed E-state index contributed by atoms with van der Waals surface area (Å²) in [6.45, 7) is 4.47. The molecule has 0 spiro atoms. The highest BCUT2D eigenvalue weighted by Crippen LogP contribution is 2.24. The standard InChI is InChI=1S/C13H22N4/c1-2-4-11-5-3-9-17(10-8-11)13-7-6-12(14)15-16-13/h6-7,11H,2-5,8-10H2,1H3,(H2,14,15). The monoisotopic (exact) mass is 234 g/mol. The van der Waals surface area contributed by atoms with Gasteiger partial charge in [0.2, 0.25) is 0 Å². The molecule has 1 aliphatic heterocycles. The van der Waals surface area contributed by atoms with E-state index in [-0.39, 0.29) is 0 Å². The second-order valence-electron chi connectivity index (χ2n) is 4.89. The second kappa shape index (κ2) is 5.84. The van der Waals surface area contributed by atoms with E-state index in [2.05, 4.69) is 22.0 Å². The Labute approximate surface area is 103 Å². The second-order valence-corrected chi connectivity index (χ2v) is 4.89. The van der Waals surface area contributed by atoms with Crippen molar-refractivity contribution in [3.05, 3.63) is 12.1 Å². The van der Waals surface area contributed by atoms with Crippen molar-refractivity contribution in [1.29, 1.82) is 0 Å². The lowest BCUT2D eigenvalue weighted by Crippen LogP contribution is -2.25. The zero-order valence-corrected chi connectivity index (χ0v) is 10.6. The average molecular weight is 234 g/mol. The molecule has 1 aliphatic rings. The predicted octanol–water partition coefficient (Wildman–Crippen LogP) is 2.47. The van der Waals surface area contributed by atoms with Gasteiger partial charge in [0, 0.05) is 13.1 Å². The molecule has 1 aromatic rings. The van der Waals surface area contributed by atoms with Crippen LogP contribution in [0.1, 0.15) is 39.0 Å². The molecular weight excluding hydrogens is 212 g/mol. The minimum absolute atomic E-state index is 0.493. The molecule has 0 bridgehead atoms. The Morgan fingerprint density at radius 2 is 2.18 bits per heavy atom. The Morgan fingerprint density at radius 3 is 2.88 bits per heavy atom. The molecule has 94 valence electrons. The maximum atomic E-state index is 5.56. The van der Waals surface area contributed by atoms with Crippen molar-refractivity contribution in [2.75, 3.05) is 23.7 Å². The topological polar surface area (TPSA) is 55.0 Å². The van der Waals surface area contributed by atoms with Crippen LogP contribution >= 0.6 is 0 Å². The number of nitrogens with zero attached hydrogens (tertiary/aromatic N) is 3. The first-order valence-electron chi connectivity index (χ1n) is 6.63. The van der Waals surface area contributed by atoms with E-state index >= 15 is 0 Å². The van der Waals surface area contributed by atoms with Gasteiger partial charge in [0.15, 0.2) is 5.82 Å². The molecule has 0 aromatic carbocycles. The van der Waals surface area contributed by atoms with Gasteiger partial charge >= 0.3 is 0 Å². The number of nitrogens with two attached hydrogens (primary N) is 1. The lowest BCUT2D eigenvalue weighted by molar-refractivity contribution is 0.435. The van der Waals surface area contributed by atoms with Crippen molar-refractivity contribution in [2.45, 2.75) is 39.0 Å². The molecule has 0 aliphatic carbocycles. The maximum Gasteiger partial charge on any atom is 0.151 e. The van der Waals surface area contributed by atoms with Crippen LogP contribution in [0.4, 0.5) is 11.6 Å². The number of rotatable bonds is 3. The molecule has 1 atom stereocenters. The summed E-state index contributed by atoms with van der Waals surface area (Å²) in [5, 5.41) is 8.09. The first-order chi connectivity index (χ1) is 8.29. The first kappa shape index (κ1) is 12.1. The number of hydrogen-bond donors (Lipinski definition) is 1. The number of nitrogen functional groups attached to an aromatic ring is 1. The van der Waals surface area contributed by atoms with E-state index in [1.165, 1.54) is 32.1 Å². The molecule has 17 heavy (non-hydrogen) atoms. The third-order valence-corrected chi connectivity index (χ3v) is 3.54.